The highest BCUT2D eigenvalue weighted by molar-refractivity contribution is 8.00. The molecular weight excluding hydrogens is 988 g/mol. The van der Waals surface area contributed by atoms with Gasteiger partial charge in [-0.2, -0.15) is 11.8 Å². The summed E-state index contributed by atoms with van der Waals surface area (Å²) in [5.74, 6) is 0.683. The quantitative estimate of drug-likeness (QED) is 0.0140. The Morgan fingerprint density at radius 3 is 2.38 bits per heavy atom. The van der Waals surface area contributed by atoms with Gasteiger partial charge in [0.2, 0.25) is 17.8 Å². The van der Waals surface area contributed by atoms with Crippen molar-refractivity contribution >= 4 is 87.1 Å². The Hall–Kier alpha value is -6.75. The molecule has 9 N–H and O–H groups in total. The molecule has 394 valence electrons. The number of aromatic amines is 1. The second kappa shape index (κ2) is 29.2. The van der Waals surface area contributed by atoms with Crippen LogP contribution in [0.15, 0.2) is 97.3 Å². The summed E-state index contributed by atoms with van der Waals surface area (Å²) in [4.78, 5) is 75.8. The van der Waals surface area contributed by atoms with Gasteiger partial charge in [-0.25, -0.2) is 19.6 Å². The van der Waals surface area contributed by atoms with Crippen molar-refractivity contribution in [2.45, 2.75) is 49.4 Å². The van der Waals surface area contributed by atoms with E-state index in [4.69, 9.17) is 25.8 Å². The van der Waals surface area contributed by atoms with Crippen LogP contribution in [-0.2, 0) is 23.8 Å². The average molecular weight is 1050 g/mol. The van der Waals surface area contributed by atoms with Crippen molar-refractivity contribution < 1.29 is 38.2 Å². The number of rotatable bonds is 30. The number of fused-ring (bicyclic) bond motifs is 2. The van der Waals surface area contributed by atoms with Crippen LogP contribution in [-0.4, -0.2) is 152 Å². The third-order valence-electron chi connectivity index (χ3n) is 12.0. The average Bonchev–Trinajstić information content (AvgIpc) is 4.11. The molecule has 2 aliphatic rings. The van der Waals surface area contributed by atoms with E-state index in [1.54, 1.807) is 54.7 Å². The van der Waals surface area contributed by atoms with Crippen molar-refractivity contribution in [2.24, 2.45) is 0 Å². The predicted octanol–water partition coefficient (Wildman–Crippen LogP) is 6.28. The minimum atomic E-state index is -0.320. The van der Waals surface area contributed by atoms with Crippen LogP contribution in [0.5, 0.6) is 0 Å². The van der Waals surface area contributed by atoms with Gasteiger partial charge in [0.05, 0.1) is 68.6 Å². The minimum absolute atomic E-state index is 0.0174. The molecule has 5 aromatic rings. The maximum atomic E-state index is 13.1. The van der Waals surface area contributed by atoms with Crippen molar-refractivity contribution in [1.29, 1.82) is 0 Å². The van der Waals surface area contributed by atoms with E-state index in [0.717, 1.165) is 41.5 Å². The highest BCUT2D eigenvalue weighted by atomic mass is 35.5. The lowest BCUT2D eigenvalue weighted by Gasteiger charge is -2.16. The summed E-state index contributed by atoms with van der Waals surface area (Å²) in [5.41, 5.74) is 4.59. The van der Waals surface area contributed by atoms with Crippen LogP contribution in [0.1, 0.15) is 42.5 Å². The number of carbonyl (C=O) groups is 5. The molecule has 2 aromatic heterocycles. The molecule has 2 saturated heterocycles. The fraction of sp³-hybridized carbons (Fsp3) is 0.404. The zero-order chi connectivity index (χ0) is 51.9. The molecule has 0 aliphatic carbocycles. The van der Waals surface area contributed by atoms with Crippen molar-refractivity contribution in [1.82, 2.24) is 46.4 Å². The zero-order valence-electron chi connectivity index (χ0n) is 41.4. The minimum Gasteiger partial charge on any atom is -0.377 e. The van der Waals surface area contributed by atoms with E-state index in [2.05, 4.69) is 57.5 Å². The third kappa shape index (κ3) is 17.7. The van der Waals surface area contributed by atoms with Gasteiger partial charge in [-0.1, -0.05) is 48.4 Å². The Morgan fingerprint density at radius 2 is 1.57 bits per heavy atom. The fourth-order valence-corrected chi connectivity index (χ4v) is 9.96. The summed E-state index contributed by atoms with van der Waals surface area (Å²) in [6.45, 7) is 4.90. The Bertz CT molecular complexity index is 2680. The Balaban J connectivity index is 0.654. The van der Waals surface area contributed by atoms with Gasteiger partial charge < -0.3 is 66.6 Å². The van der Waals surface area contributed by atoms with Gasteiger partial charge in [0.25, 0.3) is 5.91 Å². The standard InChI is InChI=1S/C52H65ClN12O8S/c1-65(24-8-20-55-51(69)56-22-26-72-28-30-73-29-27-71-25-21-54-45(66)14-5-4-13-44-48-43(34-74-44)62-52(70)64-48)23-7-15-46(67)59-36-18-16-35(17-19-36)49(68)60-37-9-6-10-38(31-37)61-50-58-33-41(53)47(63-50)40-32-57-42-12-3-2-11-39(40)42/h2-3,6-7,9-12,15-19,31-33,43-44,48,57H,4-5,8,13-14,20-30,34H2,1H3,(H,54,66)(H,59,67)(H,60,68)(H2,55,56,69)(H,58,61,63)(H2,62,64,70)/b15-7+/t43-,44?,48-/m0/s1. The number of ether oxygens (including phenoxy) is 3. The molecule has 3 aromatic carbocycles. The smallest absolute Gasteiger partial charge is 0.315 e. The van der Waals surface area contributed by atoms with Crippen LogP contribution in [0.2, 0.25) is 5.02 Å². The molecule has 0 bridgehead atoms. The number of nitrogens with zero attached hydrogens (tertiary/aromatic N) is 3. The number of aromatic nitrogens is 3. The van der Waals surface area contributed by atoms with Crippen LogP contribution in [0.25, 0.3) is 22.2 Å². The summed E-state index contributed by atoms with van der Waals surface area (Å²) in [7, 11) is 1.93. The molecular formula is C52H65ClN12O8S. The predicted molar refractivity (Wildman–Crippen MR) is 289 cm³/mol. The summed E-state index contributed by atoms with van der Waals surface area (Å²) in [6.07, 6.45) is 10.6. The van der Waals surface area contributed by atoms with E-state index >= 15 is 0 Å². The second-order valence-corrected chi connectivity index (χ2v) is 19.3. The lowest BCUT2D eigenvalue weighted by atomic mass is 10.0. The van der Waals surface area contributed by atoms with Crippen molar-refractivity contribution in [2.75, 3.05) is 101 Å². The van der Waals surface area contributed by atoms with Crippen molar-refractivity contribution in [3.05, 3.63) is 108 Å². The lowest BCUT2D eigenvalue weighted by molar-refractivity contribution is -0.121. The van der Waals surface area contributed by atoms with Gasteiger partial charge >= 0.3 is 12.1 Å². The molecule has 4 heterocycles. The van der Waals surface area contributed by atoms with E-state index in [-0.39, 0.29) is 41.9 Å². The fourth-order valence-electron chi connectivity index (χ4n) is 8.23. The topological polar surface area (TPSA) is 254 Å². The van der Waals surface area contributed by atoms with E-state index in [1.165, 1.54) is 6.08 Å². The first kappa shape index (κ1) is 55.0. The third-order valence-corrected chi connectivity index (χ3v) is 13.8. The van der Waals surface area contributed by atoms with Gasteiger partial charge in [0.1, 0.15) is 0 Å². The maximum absolute atomic E-state index is 13.1. The molecule has 7 rings (SSSR count). The number of hydrogen-bond acceptors (Lipinski definition) is 13. The summed E-state index contributed by atoms with van der Waals surface area (Å²) < 4.78 is 16.6. The molecule has 0 spiro atoms. The number of para-hydroxylation sites is 1. The van der Waals surface area contributed by atoms with Crippen LogP contribution in [0.3, 0.4) is 0 Å². The molecule has 74 heavy (non-hydrogen) atoms. The molecule has 3 atom stereocenters. The number of nitrogens with one attached hydrogen (secondary N) is 9. The molecule has 0 radical (unpaired) electrons. The molecule has 7 amide bonds. The van der Waals surface area contributed by atoms with Gasteiger partial charge in [-0.15, -0.1) is 0 Å². The van der Waals surface area contributed by atoms with Gasteiger partial charge in [0, 0.05) is 95.0 Å². The number of urea groups is 2. The van der Waals surface area contributed by atoms with E-state index in [1.807, 2.05) is 60.2 Å². The molecule has 1 unspecified atom stereocenters. The van der Waals surface area contributed by atoms with Gasteiger partial charge in [-0.3, -0.25) is 14.4 Å². The van der Waals surface area contributed by atoms with Crippen LogP contribution in [0.4, 0.5) is 32.6 Å². The molecule has 0 saturated carbocycles. The first-order valence-electron chi connectivity index (χ1n) is 24.8. The van der Waals surface area contributed by atoms with E-state index in [0.29, 0.717) is 130 Å². The lowest BCUT2D eigenvalue weighted by Crippen LogP contribution is -2.38. The number of benzene rings is 3. The van der Waals surface area contributed by atoms with Gasteiger partial charge in [0.15, 0.2) is 0 Å². The number of H-pyrrole nitrogens is 1. The molecule has 20 nitrogen and oxygen atoms in total. The normalized spacial score (nSPS) is 15.9. The Morgan fingerprint density at radius 1 is 0.824 bits per heavy atom. The van der Waals surface area contributed by atoms with Crippen LogP contribution < -0.4 is 42.5 Å². The van der Waals surface area contributed by atoms with Crippen molar-refractivity contribution in [3.63, 3.8) is 0 Å². The first-order chi connectivity index (χ1) is 36.1. The number of unbranched alkanes of at least 4 members (excludes halogenated alkanes) is 1. The SMILES string of the molecule is CN(C/C=C/C(=O)Nc1ccc(C(=O)Nc2cccc(Nc3ncc(Cl)c(-c4c[nH]c5ccccc45)n3)c2)cc1)CCCNC(=O)NCCOCCOCCOCCNC(=O)CCCCC1SC[C@@H]2NC(=O)N[C@H]12. The number of thioether (sulfide) groups is 1. The Labute approximate surface area is 439 Å². The molecule has 2 fully saturated rings. The second-order valence-electron chi connectivity index (χ2n) is 17.6. The zero-order valence-corrected chi connectivity index (χ0v) is 43.0. The largest absolute Gasteiger partial charge is 0.377 e. The molecule has 2 aliphatic heterocycles. The van der Waals surface area contributed by atoms with E-state index < -0.39 is 0 Å². The molecule has 22 heteroatoms. The maximum Gasteiger partial charge on any atom is 0.315 e. The number of halogens is 1. The number of amides is 7. The number of anilines is 4. The summed E-state index contributed by atoms with van der Waals surface area (Å²) in [6, 6.07) is 21.8. The van der Waals surface area contributed by atoms with Crippen LogP contribution >= 0.6 is 23.4 Å². The van der Waals surface area contributed by atoms with Crippen molar-refractivity contribution in [3.8, 4) is 11.3 Å². The number of hydrogen-bond donors (Lipinski definition) is 9. The monoisotopic (exact) mass is 1050 g/mol. The van der Waals surface area contributed by atoms with Crippen LogP contribution in [0, 0.1) is 0 Å². The summed E-state index contributed by atoms with van der Waals surface area (Å²) >= 11 is 8.40. The van der Waals surface area contributed by atoms with E-state index in [9.17, 15) is 24.0 Å². The van der Waals surface area contributed by atoms with Gasteiger partial charge in [-0.05, 0) is 81.4 Å². The first-order valence-corrected chi connectivity index (χ1v) is 26.2. The highest BCUT2D eigenvalue weighted by Crippen LogP contribution is 2.34. The number of carbonyl (C=O) groups excluding carboxylic acids is 5. The number of likely N-dealkylation sites (N-methyl/N-ethyl adjacent to an activating group) is 1. The Kier molecular flexibility index (Phi) is 21.7. The summed E-state index contributed by atoms with van der Waals surface area (Å²) in [5, 5.41) is 25.2. The highest BCUT2D eigenvalue weighted by Gasteiger charge is 2.42.